The van der Waals surface area contributed by atoms with Crippen LogP contribution in [0.4, 0.5) is 5.69 Å². The quantitative estimate of drug-likeness (QED) is 0.375. The monoisotopic (exact) mass is 385 g/mol. The van der Waals surface area contributed by atoms with Gasteiger partial charge in [0.1, 0.15) is 5.75 Å². The zero-order valence-electron chi connectivity index (χ0n) is 14.4. The van der Waals surface area contributed by atoms with Gasteiger partial charge < -0.3 is 9.47 Å². The van der Waals surface area contributed by atoms with Crippen LogP contribution in [-0.2, 0) is 17.1 Å². The molecule has 2 aromatic carbocycles. The summed E-state index contributed by atoms with van der Waals surface area (Å²) in [6.07, 6.45) is 0. The number of hydrogen-bond donors (Lipinski definition) is 0. The summed E-state index contributed by atoms with van der Waals surface area (Å²) in [4.78, 5) is 10.8. The number of thioether (sulfide) groups is 1. The van der Waals surface area contributed by atoms with E-state index in [1.54, 1.807) is 4.68 Å². The molecule has 1 aliphatic heterocycles. The van der Waals surface area contributed by atoms with Crippen LogP contribution in [0.25, 0.3) is 5.69 Å². The largest absolute Gasteiger partial charge is 0.467 e. The van der Waals surface area contributed by atoms with E-state index in [-0.39, 0.29) is 19.1 Å². The average Bonchev–Trinajstić information content (AvgIpc) is 3.14. The van der Waals surface area contributed by atoms with E-state index in [1.807, 2.05) is 31.2 Å². The maximum absolute atomic E-state index is 11.2. The molecule has 10 heteroatoms. The summed E-state index contributed by atoms with van der Waals surface area (Å²) in [6, 6.07) is 10.8. The molecule has 0 unspecified atom stereocenters. The minimum Gasteiger partial charge on any atom is -0.467 e. The lowest BCUT2D eigenvalue weighted by Gasteiger charge is -2.20. The molecular weight excluding hydrogens is 370 g/mol. The first kappa shape index (κ1) is 17.4. The van der Waals surface area contributed by atoms with Crippen LogP contribution in [0.2, 0.25) is 0 Å². The molecule has 0 saturated heterocycles. The summed E-state index contributed by atoms with van der Waals surface area (Å²) in [5.41, 5.74) is 3.32. The van der Waals surface area contributed by atoms with Gasteiger partial charge in [-0.05, 0) is 29.0 Å². The predicted octanol–water partition coefficient (Wildman–Crippen LogP) is 3.04. The number of benzene rings is 2. The first-order valence-electron chi connectivity index (χ1n) is 8.11. The van der Waals surface area contributed by atoms with E-state index in [0.717, 1.165) is 11.3 Å². The van der Waals surface area contributed by atoms with Gasteiger partial charge in [0.15, 0.2) is 6.79 Å². The Morgan fingerprint density at radius 2 is 2.19 bits per heavy atom. The molecule has 0 saturated carbocycles. The molecule has 138 valence electrons. The fourth-order valence-corrected chi connectivity index (χ4v) is 3.71. The number of para-hydroxylation sites is 1. The highest BCUT2D eigenvalue weighted by Gasteiger charge is 2.22. The van der Waals surface area contributed by atoms with Gasteiger partial charge in [-0.2, -0.15) is 4.68 Å². The Hall–Kier alpha value is -2.98. The zero-order chi connectivity index (χ0) is 18.8. The van der Waals surface area contributed by atoms with Crippen molar-refractivity contribution in [3.05, 3.63) is 63.2 Å². The minimum atomic E-state index is -0.416. The van der Waals surface area contributed by atoms with Crippen molar-refractivity contribution in [2.24, 2.45) is 0 Å². The number of nitro benzene ring substituents is 1. The second kappa shape index (κ2) is 7.33. The van der Waals surface area contributed by atoms with Crippen LogP contribution in [-0.4, -0.2) is 31.9 Å². The van der Waals surface area contributed by atoms with Gasteiger partial charge >= 0.3 is 0 Å². The average molecular weight is 385 g/mol. The van der Waals surface area contributed by atoms with Gasteiger partial charge in [-0.1, -0.05) is 30.0 Å². The minimum absolute atomic E-state index is 0.0111. The Morgan fingerprint density at radius 1 is 1.33 bits per heavy atom. The van der Waals surface area contributed by atoms with Gasteiger partial charge in [-0.25, -0.2) is 0 Å². The first-order valence-corrected chi connectivity index (χ1v) is 9.10. The Labute approximate surface area is 158 Å². The number of hydrogen-bond acceptors (Lipinski definition) is 8. The molecule has 4 rings (SSSR count). The molecular formula is C17H15N5O4S. The number of tetrazole rings is 1. The molecule has 27 heavy (non-hydrogen) atoms. The first-order chi connectivity index (χ1) is 13.1. The second-order valence-corrected chi connectivity index (χ2v) is 6.85. The molecule has 0 N–H and O–H groups in total. The van der Waals surface area contributed by atoms with Gasteiger partial charge in [0.2, 0.25) is 5.16 Å². The van der Waals surface area contributed by atoms with Crippen LogP contribution in [0, 0.1) is 17.0 Å². The number of fused-ring (bicyclic) bond motifs is 1. The Bertz CT molecular complexity index is 1010. The summed E-state index contributed by atoms with van der Waals surface area (Å²) in [5, 5.41) is 23.7. The van der Waals surface area contributed by atoms with E-state index >= 15 is 0 Å². The summed E-state index contributed by atoms with van der Waals surface area (Å²) in [7, 11) is 0. The predicted molar refractivity (Wildman–Crippen MR) is 96.8 cm³/mol. The number of nitrogens with zero attached hydrogens (tertiary/aromatic N) is 5. The van der Waals surface area contributed by atoms with Gasteiger partial charge in [0.25, 0.3) is 5.69 Å². The van der Waals surface area contributed by atoms with E-state index < -0.39 is 4.92 Å². The van der Waals surface area contributed by atoms with Crippen molar-refractivity contribution in [1.29, 1.82) is 0 Å². The van der Waals surface area contributed by atoms with Crippen molar-refractivity contribution in [1.82, 2.24) is 20.2 Å². The van der Waals surface area contributed by atoms with Crippen LogP contribution < -0.4 is 4.74 Å². The topological polar surface area (TPSA) is 105 Å². The fourth-order valence-electron chi connectivity index (χ4n) is 2.86. The molecule has 0 spiro atoms. The van der Waals surface area contributed by atoms with Crippen molar-refractivity contribution in [3.63, 3.8) is 0 Å². The molecule has 0 aliphatic carbocycles. The lowest BCUT2D eigenvalue weighted by atomic mass is 10.1. The number of rotatable bonds is 5. The highest BCUT2D eigenvalue weighted by atomic mass is 32.2. The van der Waals surface area contributed by atoms with Gasteiger partial charge in [0, 0.05) is 29.0 Å². The molecule has 2 heterocycles. The maximum atomic E-state index is 11.2. The van der Waals surface area contributed by atoms with Crippen LogP contribution in [0.15, 0.2) is 41.6 Å². The molecule has 0 fully saturated rings. The van der Waals surface area contributed by atoms with Crippen molar-refractivity contribution in [2.75, 3.05) is 6.79 Å². The third kappa shape index (κ3) is 3.49. The summed E-state index contributed by atoms with van der Waals surface area (Å²) in [6.45, 7) is 2.40. The normalized spacial score (nSPS) is 13.1. The molecule has 9 nitrogen and oxygen atoms in total. The van der Waals surface area contributed by atoms with Gasteiger partial charge in [-0.15, -0.1) is 5.10 Å². The van der Waals surface area contributed by atoms with E-state index in [2.05, 4.69) is 15.5 Å². The summed E-state index contributed by atoms with van der Waals surface area (Å²) in [5.74, 6) is 1.06. The highest BCUT2D eigenvalue weighted by molar-refractivity contribution is 7.98. The molecule has 0 radical (unpaired) electrons. The van der Waals surface area contributed by atoms with Crippen LogP contribution >= 0.6 is 11.8 Å². The van der Waals surface area contributed by atoms with Crippen LogP contribution in [0.3, 0.4) is 0 Å². The van der Waals surface area contributed by atoms with E-state index in [9.17, 15) is 10.1 Å². The van der Waals surface area contributed by atoms with Crippen molar-refractivity contribution < 1.29 is 14.4 Å². The Morgan fingerprint density at radius 3 is 3.00 bits per heavy atom. The third-order valence-electron chi connectivity index (χ3n) is 4.12. The van der Waals surface area contributed by atoms with Gasteiger partial charge in [-0.3, -0.25) is 10.1 Å². The molecule has 1 aromatic heterocycles. The van der Waals surface area contributed by atoms with Crippen LogP contribution in [0.1, 0.15) is 16.7 Å². The summed E-state index contributed by atoms with van der Waals surface area (Å²) >= 11 is 1.39. The SMILES string of the molecule is Cc1ccccc1-n1nnnc1SCc1cc([N+](=O)[O-])cc2c1OCOC2. The molecule has 0 amide bonds. The lowest BCUT2D eigenvalue weighted by Crippen LogP contribution is -2.13. The van der Waals surface area contributed by atoms with Crippen molar-refractivity contribution in [2.45, 2.75) is 24.4 Å². The third-order valence-corrected chi connectivity index (χ3v) is 5.09. The van der Waals surface area contributed by atoms with E-state index in [4.69, 9.17) is 9.47 Å². The maximum Gasteiger partial charge on any atom is 0.270 e. The molecule has 0 atom stereocenters. The Kier molecular flexibility index (Phi) is 4.73. The standard InChI is InChI=1S/C17H15N5O4S/c1-11-4-2-3-5-15(11)21-17(18-19-20-21)27-9-13-7-14(22(23)24)6-12-8-25-10-26-16(12)13/h2-7H,8-10H2,1H3. The van der Waals surface area contributed by atoms with Crippen molar-refractivity contribution >= 4 is 17.4 Å². The number of ether oxygens (including phenoxy) is 2. The highest BCUT2D eigenvalue weighted by Crippen LogP contribution is 2.36. The number of nitro groups is 1. The van der Waals surface area contributed by atoms with Crippen LogP contribution in [0.5, 0.6) is 5.75 Å². The second-order valence-electron chi connectivity index (χ2n) is 5.91. The van der Waals surface area contributed by atoms with E-state index in [0.29, 0.717) is 27.8 Å². The van der Waals surface area contributed by atoms with E-state index in [1.165, 1.54) is 23.9 Å². The molecule has 3 aromatic rings. The zero-order valence-corrected chi connectivity index (χ0v) is 15.2. The summed E-state index contributed by atoms with van der Waals surface area (Å²) < 4.78 is 12.5. The van der Waals surface area contributed by atoms with Crippen molar-refractivity contribution in [3.8, 4) is 11.4 Å². The Balaban J connectivity index is 1.64. The lowest BCUT2D eigenvalue weighted by molar-refractivity contribution is -0.385. The number of aromatic nitrogens is 4. The number of aryl methyl sites for hydroxylation is 1. The molecule has 0 bridgehead atoms. The smallest absolute Gasteiger partial charge is 0.270 e. The fraction of sp³-hybridized carbons (Fsp3) is 0.235. The number of non-ortho nitro benzene ring substituents is 1. The van der Waals surface area contributed by atoms with Gasteiger partial charge in [0.05, 0.1) is 17.2 Å². The molecule has 1 aliphatic rings.